The Morgan fingerprint density at radius 3 is 1.93 bits per heavy atom. The van der Waals surface area contributed by atoms with Crippen LogP contribution < -0.4 is 0 Å². The summed E-state index contributed by atoms with van der Waals surface area (Å²) >= 11 is 0. The van der Waals surface area contributed by atoms with Gasteiger partial charge in [-0.15, -0.1) is 0 Å². The molecule has 0 amide bonds. The molecule has 3 nitrogen and oxygen atoms in total. The van der Waals surface area contributed by atoms with Crippen molar-refractivity contribution < 1.29 is 14.3 Å². The smallest absolute Gasteiger partial charge is 0.154 e. The second-order valence-electron chi connectivity index (χ2n) is 2.23. The first-order chi connectivity index (χ1) is 6.72. The van der Waals surface area contributed by atoms with Gasteiger partial charge in [0.2, 0.25) is 0 Å². The van der Waals surface area contributed by atoms with E-state index in [9.17, 15) is 4.79 Å². The van der Waals surface area contributed by atoms with Crippen LogP contribution in [0, 0.1) is 0 Å². The summed E-state index contributed by atoms with van der Waals surface area (Å²) in [6.07, 6.45) is 5.18. The van der Waals surface area contributed by atoms with Gasteiger partial charge >= 0.3 is 0 Å². The molecule has 82 valence electrons. The quantitative estimate of drug-likeness (QED) is 0.286. The van der Waals surface area contributed by atoms with E-state index in [4.69, 9.17) is 9.47 Å². The zero-order valence-corrected chi connectivity index (χ0v) is 9.23. The molecule has 0 aliphatic rings. The maximum Gasteiger partial charge on any atom is 0.154 e. The fraction of sp³-hybridized carbons (Fsp3) is 0.545. The van der Waals surface area contributed by atoms with Crippen molar-refractivity contribution in [2.75, 3.05) is 13.2 Å². The Morgan fingerprint density at radius 1 is 1.21 bits per heavy atom. The molecule has 0 aromatic rings. The van der Waals surface area contributed by atoms with E-state index in [1.165, 1.54) is 6.08 Å². The lowest BCUT2D eigenvalue weighted by Crippen LogP contribution is -2.11. The molecular weight excluding hydrogens is 180 g/mol. The number of carbonyl (C=O) groups excluding carboxylic acids is 1. The van der Waals surface area contributed by atoms with Gasteiger partial charge in [0, 0.05) is 13.2 Å². The Morgan fingerprint density at radius 2 is 1.71 bits per heavy atom. The molecule has 14 heavy (non-hydrogen) atoms. The SMILES string of the molecule is C=C/C=C/C=O.CCOC(C)OCC. The number of hydrogen-bond acceptors (Lipinski definition) is 3. The zero-order chi connectivity index (χ0) is 11.2. The minimum atomic E-state index is -0.0370. The summed E-state index contributed by atoms with van der Waals surface area (Å²) < 4.78 is 10.1. The van der Waals surface area contributed by atoms with Gasteiger partial charge in [-0.1, -0.05) is 18.7 Å². The van der Waals surface area contributed by atoms with Crippen molar-refractivity contribution in [2.24, 2.45) is 0 Å². The van der Waals surface area contributed by atoms with E-state index < -0.39 is 0 Å². The van der Waals surface area contributed by atoms with Crippen molar-refractivity contribution in [1.82, 2.24) is 0 Å². The van der Waals surface area contributed by atoms with E-state index in [-0.39, 0.29) is 6.29 Å². The van der Waals surface area contributed by atoms with Crippen LogP contribution in [0.25, 0.3) is 0 Å². The van der Waals surface area contributed by atoms with Crippen molar-refractivity contribution >= 4 is 6.29 Å². The number of rotatable bonds is 6. The highest BCUT2D eigenvalue weighted by Crippen LogP contribution is 1.90. The minimum Gasteiger partial charge on any atom is -0.353 e. The summed E-state index contributed by atoms with van der Waals surface area (Å²) in [5, 5.41) is 0. The van der Waals surface area contributed by atoms with Crippen molar-refractivity contribution in [2.45, 2.75) is 27.1 Å². The lowest BCUT2D eigenvalue weighted by atomic mass is 10.5. The van der Waals surface area contributed by atoms with E-state index >= 15 is 0 Å². The average molecular weight is 200 g/mol. The minimum absolute atomic E-state index is 0.0370. The molecule has 0 aromatic carbocycles. The maximum atomic E-state index is 9.43. The van der Waals surface area contributed by atoms with E-state index in [0.717, 1.165) is 13.2 Å². The summed E-state index contributed by atoms with van der Waals surface area (Å²) in [4.78, 5) is 9.43. The highest BCUT2D eigenvalue weighted by atomic mass is 16.7. The normalized spacial score (nSPS) is 9.71. The molecule has 0 aromatic heterocycles. The lowest BCUT2D eigenvalue weighted by molar-refractivity contribution is -0.123. The Kier molecular flexibility index (Phi) is 16.2. The van der Waals surface area contributed by atoms with Crippen molar-refractivity contribution in [3.8, 4) is 0 Å². The van der Waals surface area contributed by atoms with E-state index in [0.29, 0.717) is 6.29 Å². The Labute approximate surface area is 86.4 Å². The summed E-state index contributed by atoms with van der Waals surface area (Å²) in [5.41, 5.74) is 0. The van der Waals surface area contributed by atoms with Gasteiger partial charge in [-0.05, 0) is 26.8 Å². The Hall–Kier alpha value is -0.930. The molecule has 0 atom stereocenters. The number of ether oxygens (including phenoxy) is 2. The molecule has 0 spiro atoms. The highest BCUT2D eigenvalue weighted by molar-refractivity contribution is 5.65. The van der Waals surface area contributed by atoms with E-state index in [1.807, 2.05) is 20.8 Å². The predicted molar refractivity (Wildman–Crippen MR) is 58.1 cm³/mol. The summed E-state index contributed by atoms with van der Waals surface area (Å²) in [5.74, 6) is 0. The van der Waals surface area contributed by atoms with Crippen LogP contribution in [0.15, 0.2) is 24.8 Å². The van der Waals surface area contributed by atoms with Gasteiger partial charge in [0.25, 0.3) is 0 Å². The molecule has 0 radical (unpaired) electrons. The second kappa shape index (κ2) is 14.6. The predicted octanol–water partition coefficient (Wildman–Crippen LogP) is 2.33. The van der Waals surface area contributed by atoms with Crippen LogP contribution in [0.3, 0.4) is 0 Å². The van der Waals surface area contributed by atoms with Crippen LogP contribution in [0.4, 0.5) is 0 Å². The van der Waals surface area contributed by atoms with Crippen LogP contribution in [0.5, 0.6) is 0 Å². The first-order valence-electron chi connectivity index (χ1n) is 4.68. The highest BCUT2D eigenvalue weighted by Gasteiger charge is 1.94. The van der Waals surface area contributed by atoms with E-state index in [2.05, 4.69) is 6.58 Å². The van der Waals surface area contributed by atoms with E-state index in [1.54, 1.807) is 12.2 Å². The van der Waals surface area contributed by atoms with Crippen molar-refractivity contribution in [3.63, 3.8) is 0 Å². The molecule has 0 saturated carbocycles. The van der Waals surface area contributed by atoms with Crippen LogP contribution in [-0.4, -0.2) is 25.8 Å². The fourth-order valence-electron chi connectivity index (χ4n) is 0.641. The molecule has 0 unspecified atom stereocenters. The molecule has 0 rings (SSSR count). The molecule has 3 heteroatoms. The molecule has 0 heterocycles. The summed E-state index contributed by atoms with van der Waals surface area (Å²) in [6.45, 7) is 10.6. The van der Waals surface area contributed by atoms with Crippen LogP contribution in [-0.2, 0) is 14.3 Å². The van der Waals surface area contributed by atoms with Crippen LogP contribution in [0.2, 0.25) is 0 Å². The van der Waals surface area contributed by atoms with Gasteiger partial charge in [0.15, 0.2) is 6.29 Å². The number of hydrogen-bond donors (Lipinski definition) is 0. The first kappa shape index (κ1) is 15.5. The largest absolute Gasteiger partial charge is 0.353 e. The monoisotopic (exact) mass is 200 g/mol. The Balaban J connectivity index is 0. The van der Waals surface area contributed by atoms with Crippen molar-refractivity contribution in [3.05, 3.63) is 24.8 Å². The van der Waals surface area contributed by atoms with Crippen LogP contribution in [0.1, 0.15) is 20.8 Å². The van der Waals surface area contributed by atoms with Gasteiger partial charge < -0.3 is 9.47 Å². The maximum absolute atomic E-state index is 9.43. The number of aldehydes is 1. The van der Waals surface area contributed by atoms with Crippen LogP contribution >= 0.6 is 0 Å². The van der Waals surface area contributed by atoms with Gasteiger partial charge in [0.1, 0.15) is 6.29 Å². The van der Waals surface area contributed by atoms with Gasteiger partial charge in [-0.3, -0.25) is 4.79 Å². The molecule has 0 N–H and O–H groups in total. The molecule has 0 bridgehead atoms. The van der Waals surface area contributed by atoms with Crippen molar-refractivity contribution in [1.29, 1.82) is 0 Å². The third kappa shape index (κ3) is 17.2. The van der Waals surface area contributed by atoms with Gasteiger partial charge in [-0.25, -0.2) is 0 Å². The molecule has 0 fully saturated rings. The average Bonchev–Trinajstić information content (AvgIpc) is 2.16. The molecule has 0 aliphatic carbocycles. The number of allylic oxidation sites excluding steroid dienone is 3. The number of carbonyl (C=O) groups is 1. The molecular formula is C11H20O3. The Bertz CT molecular complexity index is 137. The van der Waals surface area contributed by atoms with Gasteiger partial charge in [-0.2, -0.15) is 0 Å². The molecule has 0 saturated heterocycles. The third-order valence-electron chi connectivity index (χ3n) is 1.13. The van der Waals surface area contributed by atoms with Gasteiger partial charge in [0.05, 0.1) is 0 Å². The standard InChI is InChI=1S/C6H14O2.C5H6O/c1-4-7-6(3)8-5-2;1-2-3-4-5-6/h6H,4-5H2,1-3H3;2-5H,1H2/b;4-3+. The first-order valence-corrected chi connectivity index (χ1v) is 4.68. The fourth-order valence-corrected chi connectivity index (χ4v) is 0.641. The summed E-state index contributed by atoms with van der Waals surface area (Å²) in [7, 11) is 0. The third-order valence-corrected chi connectivity index (χ3v) is 1.13. The zero-order valence-electron chi connectivity index (χ0n) is 9.23. The lowest BCUT2D eigenvalue weighted by Gasteiger charge is -2.09. The second-order valence-corrected chi connectivity index (χ2v) is 2.23. The topological polar surface area (TPSA) is 35.5 Å². The molecule has 0 aliphatic heterocycles. The summed E-state index contributed by atoms with van der Waals surface area (Å²) in [6, 6.07) is 0.